The van der Waals surface area contributed by atoms with Gasteiger partial charge in [0.2, 0.25) is 5.69 Å². The Bertz CT molecular complexity index is 761. The van der Waals surface area contributed by atoms with Gasteiger partial charge in [0.05, 0.1) is 5.69 Å². The summed E-state index contributed by atoms with van der Waals surface area (Å²) in [5.74, 6) is -1.55. The van der Waals surface area contributed by atoms with Gasteiger partial charge in [0.1, 0.15) is 0 Å². The number of aromatic carboxylic acids is 1. The Labute approximate surface area is 115 Å². The number of rotatable bonds is 2. The van der Waals surface area contributed by atoms with Crippen molar-refractivity contribution in [2.75, 3.05) is 0 Å². The molecular weight excluding hydrogens is 297 g/mol. The van der Waals surface area contributed by atoms with Crippen LogP contribution in [0.1, 0.15) is 10.5 Å². The molecule has 0 saturated heterocycles. The summed E-state index contributed by atoms with van der Waals surface area (Å²) in [6.45, 7) is 0. The van der Waals surface area contributed by atoms with Gasteiger partial charge < -0.3 is 5.11 Å². The standard InChI is InChI=1S/C10H5Cl2N3O4/c11-4-1-5(12)3-6(2-4)15-10(19)13-8(16)7(14-15)9(17)18/h1-3H,(H,17,18)(H,13,16,19). The van der Waals surface area contributed by atoms with E-state index in [2.05, 4.69) is 5.10 Å². The molecule has 2 rings (SSSR count). The molecule has 2 N–H and O–H groups in total. The first-order valence-corrected chi connectivity index (χ1v) is 5.57. The topological polar surface area (TPSA) is 105 Å². The first-order chi connectivity index (χ1) is 8.88. The molecule has 0 saturated carbocycles. The zero-order valence-corrected chi connectivity index (χ0v) is 10.6. The molecule has 1 heterocycles. The first-order valence-electron chi connectivity index (χ1n) is 4.82. The second-order valence-corrected chi connectivity index (χ2v) is 4.33. The number of aromatic nitrogens is 3. The van der Waals surface area contributed by atoms with Crippen molar-refractivity contribution in [1.82, 2.24) is 14.8 Å². The Hall–Kier alpha value is -2.12. The normalized spacial score (nSPS) is 10.4. The van der Waals surface area contributed by atoms with Gasteiger partial charge in [0.25, 0.3) is 5.56 Å². The molecule has 1 aromatic carbocycles. The Kier molecular flexibility index (Phi) is 3.41. The Balaban J connectivity index is 2.75. The zero-order valence-electron chi connectivity index (χ0n) is 9.05. The van der Waals surface area contributed by atoms with Crippen molar-refractivity contribution in [3.8, 4) is 5.69 Å². The molecule has 1 aromatic heterocycles. The fraction of sp³-hybridized carbons (Fsp3) is 0. The number of hydrogen-bond acceptors (Lipinski definition) is 4. The number of carboxylic acid groups (broad SMARTS) is 1. The van der Waals surface area contributed by atoms with Crippen LogP contribution >= 0.6 is 23.2 Å². The molecule has 9 heteroatoms. The van der Waals surface area contributed by atoms with E-state index in [1.165, 1.54) is 18.2 Å². The summed E-state index contributed by atoms with van der Waals surface area (Å²) < 4.78 is 0.697. The summed E-state index contributed by atoms with van der Waals surface area (Å²) in [7, 11) is 0. The van der Waals surface area contributed by atoms with Crippen molar-refractivity contribution < 1.29 is 9.90 Å². The van der Waals surface area contributed by atoms with Gasteiger partial charge in [-0.3, -0.25) is 9.78 Å². The lowest BCUT2D eigenvalue weighted by atomic mass is 10.3. The summed E-state index contributed by atoms with van der Waals surface area (Å²) in [4.78, 5) is 35.5. The smallest absolute Gasteiger partial charge is 0.362 e. The average molecular weight is 302 g/mol. The van der Waals surface area contributed by atoms with Crippen LogP contribution in [0.3, 0.4) is 0 Å². The highest BCUT2D eigenvalue weighted by Crippen LogP contribution is 2.20. The maximum absolute atomic E-state index is 11.6. The van der Waals surface area contributed by atoms with Crippen molar-refractivity contribution in [3.63, 3.8) is 0 Å². The molecule has 0 aliphatic carbocycles. The Morgan fingerprint density at radius 1 is 1.21 bits per heavy atom. The second kappa shape index (κ2) is 4.87. The fourth-order valence-corrected chi connectivity index (χ4v) is 1.89. The van der Waals surface area contributed by atoms with Crippen LogP contribution < -0.4 is 11.2 Å². The van der Waals surface area contributed by atoms with E-state index in [0.717, 1.165) is 0 Å². The molecule has 2 aromatic rings. The van der Waals surface area contributed by atoms with Crippen LogP contribution in [0.2, 0.25) is 10.0 Å². The van der Waals surface area contributed by atoms with E-state index < -0.39 is 22.9 Å². The van der Waals surface area contributed by atoms with Crippen LogP contribution in [-0.2, 0) is 0 Å². The molecule has 0 unspecified atom stereocenters. The maximum Gasteiger partial charge on any atom is 0.362 e. The van der Waals surface area contributed by atoms with E-state index >= 15 is 0 Å². The Morgan fingerprint density at radius 3 is 2.32 bits per heavy atom. The molecular formula is C10H5Cl2N3O4. The van der Waals surface area contributed by atoms with Crippen LogP contribution in [0.4, 0.5) is 0 Å². The molecule has 0 spiro atoms. The van der Waals surface area contributed by atoms with Gasteiger partial charge in [-0.05, 0) is 18.2 Å². The number of carbonyl (C=O) groups is 1. The van der Waals surface area contributed by atoms with Gasteiger partial charge in [0.15, 0.2) is 0 Å². The minimum atomic E-state index is -1.55. The number of H-pyrrole nitrogens is 1. The highest BCUT2D eigenvalue weighted by molar-refractivity contribution is 6.34. The third kappa shape index (κ3) is 2.67. The number of nitrogens with zero attached hydrogens (tertiary/aromatic N) is 2. The molecule has 0 aliphatic heterocycles. The van der Waals surface area contributed by atoms with Gasteiger partial charge in [-0.2, -0.15) is 9.78 Å². The number of halogens is 2. The van der Waals surface area contributed by atoms with Gasteiger partial charge in [-0.1, -0.05) is 23.2 Å². The maximum atomic E-state index is 11.6. The molecule has 19 heavy (non-hydrogen) atoms. The summed E-state index contributed by atoms with van der Waals surface area (Å²) >= 11 is 11.5. The van der Waals surface area contributed by atoms with Crippen LogP contribution in [-0.4, -0.2) is 25.8 Å². The Morgan fingerprint density at radius 2 is 1.79 bits per heavy atom. The van der Waals surface area contributed by atoms with Crippen LogP contribution in [0.5, 0.6) is 0 Å². The van der Waals surface area contributed by atoms with Crippen molar-refractivity contribution in [2.24, 2.45) is 0 Å². The predicted octanol–water partition coefficient (Wildman–Crippen LogP) is 0.926. The van der Waals surface area contributed by atoms with Crippen LogP contribution in [0, 0.1) is 0 Å². The van der Waals surface area contributed by atoms with Crippen molar-refractivity contribution >= 4 is 29.2 Å². The molecule has 0 fully saturated rings. The van der Waals surface area contributed by atoms with E-state index in [1.54, 1.807) is 0 Å². The molecule has 0 atom stereocenters. The number of hydrogen-bond donors (Lipinski definition) is 2. The van der Waals surface area contributed by atoms with E-state index in [1.807, 2.05) is 4.98 Å². The minimum absolute atomic E-state index is 0.140. The highest BCUT2D eigenvalue weighted by Gasteiger charge is 2.15. The summed E-state index contributed by atoms with van der Waals surface area (Å²) in [5, 5.41) is 12.7. The van der Waals surface area contributed by atoms with Gasteiger partial charge in [-0.15, -0.1) is 0 Å². The van der Waals surface area contributed by atoms with E-state index in [0.29, 0.717) is 4.68 Å². The third-order valence-electron chi connectivity index (χ3n) is 2.12. The molecule has 0 amide bonds. The molecule has 0 bridgehead atoms. The molecule has 7 nitrogen and oxygen atoms in total. The number of nitrogens with one attached hydrogen (secondary N) is 1. The van der Waals surface area contributed by atoms with E-state index in [4.69, 9.17) is 28.3 Å². The summed E-state index contributed by atoms with van der Waals surface area (Å²) in [6.07, 6.45) is 0. The zero-order chi connectivity index (χ0) is 14.2. The molecule has 0 aliphatic rings. The third-order valence-corrected chi connectivity index (χ3v) is 2.56. The lowest BCUT2D eigenvalue weighted by molar-refractivity contribution is 0.0685. The van der Waals surface area contributed by atoms with Gasteiger partial charge in [-0.25, -0.2) is 9.59 Å². The van der Waals surface area contributed by atoms with Gasteiger partial charge >= 0.3 is 11.7 Å². The predicted molar refractivity (Wildman–Crippen MR) is 67.4 cm³/mol. The monoisotopic (exact) mass is 301 g/mol. The van der Waals surface area contributed by atoms with E-state index in [-0.39, 0.29) is 15.7 Å². The molecule has 0 radical (unpaired) electrons. The fourth-order valence-electron chi connectivity index (χ4n) is 1.38. The number of carboxylic acids is 1. The lowest BCUT2D eigenvalue weighted by Crippen LogP contribution is -2.35. The van der Waals surface area contributed by atoms with E-state index in [9.17, 15) is 14.4 Å². The number of benzene rings is 1. The lowest BCUT2D eigenvalue weighted by Gasteiger charge is -2.05. The summed E-state index contributed by atoms with van der Waals surface area (Å²) in [5.41, 5.74) is -2.65. The van der Waals surface area contributed by atoms with Crippen molar-refractivity contribution in [1.29, 1.82) is 0 Å². The van der Waals surface area contributed by atoms with Crippen molar-refractivity contribution in [3.05, 3.63) is 54.8 Å². The largest absolute Gasteiger partial charge is 0.476 e. The quantitative estimate of drug-likeness (QED) is 0.858. The molecule has 98 valence electrons. The summed E-state index contributed by atoms with van der Waals surface area (Å²) in [6, 6.07) is 4.14. The highest BCUT2D eigenvalue weighted by atomic mass is 35.5. The van der Waals surface area contributed by atoms with Crippen molar-refractivity contribution in [2.45, 2.75) is 0 Å². The first kappa shape index (κ1) is 13.3. The SMILES string of the molecule is O=C(O)c1nn(-c2cc(Cl)cc(Cl)c2)c(=O)[nH]c1=O. The average Bonchev–Trinajstić information content (AvgIpc) is 2.26. The van der Waals surface area contributed by atoms with Gasteiger partial charge in [0, 0.05) is 10.0 Å². The number of aromatic amines is 1. The second-order valence-electron chi connectivity index (χ2n) is 3.45. The minimum Gasteiger partial charge on any atom is -0.476 e. The van der Waals surface area contributed by atoms with Crippen LogP contribution in [0.15, 0.2) is 27.8 Å². The van der Waals surface area contributed by atoms with Crippen LogP contribution in [0.25, 0.3) is 5.69 Å².